The highest BCUT2D eigenvalue weighted by Crippen LogP contribution is 2.26. The van der Waals surface area contributed by atoms with E-state index in [-0.39, 0.29) is 11.7 Å². The zero-order valence-electron chi connectivity index (χ0n) is 14.8. The maximum absolute atomic E-state index is 12.2. The van der Waals surface area contributed by atoms with Crippen LogP contribution in [-0.4, -0.2) is 21.6 Å². The molecule has 3 aromatic rings. The largest absolute Gasteiger partial charge is 0.325 e. The Morgan fingerprint density at radius 2 is 1.74 bits per heavy atom. The third-order valence-corrected chi connectivity index (χ3v) is 5.30. The number of benzene rings is 2. The lowest BCUT2D eigenvalue weighted by Crippen LogP contribution is -2.14. The van der Waals surface area contributed by atoms with Crippen LogP contribution >= 0.6 is 35.0 Å². The van der Waals surface area contributed by atoms with E-state index in [9.17, 15) is 4.79 Å². The molecule has 1 N–H and O–H groups in total. The Bertz CT molecular complexity index is 977. The number of hydrogen-bond acceptors (Lipinski definition) is 4. The third-order valence-electron chi connectivity index (χ3n) is 3.72. The van der Waals surface area contributed by atoms with Crippen molar-refractivity contribution in [1.82, 2.24) is 9.97 Å². The summed E-state index contributed by atoms with van der Waals surface area (Å²) in [6.45, 7) is 3.96. The molecule has 0 radical (unpaired) electrons. The van der Waals surface area contributed by atoms with Crippen LogP contribution in [0.2, 0.25) is 10.0 Å². The number of aryl methyl sites for hydroxylation is 2. The predicted molar refractivity (Wildman–Crippen MR) is 113 cm³/mol. The lowest BCUT2D eigenvalue weighted by atomic mass is 10.1. The van der Waals surface area contributed by atoms with Gasteiger partial charge in [-0.2, -0.15) is 0 Å². The molecule has 0 saturated carbocycles. The van der Waals surface area contributed by atoms with Crippen LogP contribution in [0.25, 0.3) is 11.3 Å². The van der Waals surface area contributed by atoms with Crippen molar-refractivity contribution < 1.29 is 4.79 Å². The average molecular weight is 418 g/mol. The molecule has 0 bridgehead atoms. The van der Waals surface area contributed by atoms with E-state index in [1.54, 1.807) is 18.2 Å². The highest BCUT2D eigenvalue weighted by Gasteiger charge is 2.09. The van der Waals surface area contributed by atoms with Crippen LogP contribution in [0.1, 0.15) is 11.3 Å². The number of thioether (sulfide) groups is 1. The molecule has 0 fully saturated rings. The third kappa shape index (κ3) is 5.45. The molecule has 7 heteroatoms. The van der Waals surface area contributed by atoms with Gasteiger partial charge in [0.15, 0.2) is 5.16 Å². The van der Waals surface area contributed by atoms with Crippen LogP contribution in [0.4, 0.5) is 5.69 Å². The molecular formula is C20H17Cl2N3OS. The second-order valence-electron chi connectivity index (χ2n) is 6.01. The number of nitrogens with zero attached hydrogens (tertiary/aromatic N) is 2. The van der Waals surface area contributed by atoms with E-state index in [1.807, 2.05) is 44.2 Å². The van der Waals surface area contributed by atoms with E-state index in [4.69, 9.17) is 23.2 Å². The summed E-state index contributed by atoms with van der Waals surface area (Å²) in [5.74, 6) is 0.0252. The number of halogens is 2. The van der Waals surface area contributed by atoms with Crippen LogP contribution in [0, 0.1) is 13.8 Å². The molecular weight excluding hydrogens is 401 g/mol. The molecule has 27 heavy (non-hydrogen) atoms. The standard InChI is InChI=1S/C20H17Cl2N3OS/c1-12-3-5-14(6-4-12)18-9-13(2)23-20(25-18)27-11-19(26)24-15-7-8-16(21)17(22)10-15/h3-10H,11H2,1-2H3,(H,24,26). The first-order chi connectivity index (χ1) is 12.9. The van der Waals surface area contributed by atoms with E-state index >= 15 is 0 Å². The molecule has 138 valence electrons. The molecule has 2 aromatic carbocycles. The summed E-state index contributed by atoms with van der Waals surface area (Å²) < 4.78 is 0. The Hall–Kier alpha value is -2.08. The number of aromatic nitrogens is 2. The Morgan fingerprint density at radius 3 is 2.44 bits per heavy atom. The zero-order valence-corrected chi connectivity index (χ0v) is 17.1. The molecule has 3 rings (SSSR count). The van der Waals surface area contributed by atoms with Gasteiger partial charge < -0.3 is 5.32 Å². The molecule has 0 atom stereocenters. The lowest BCUT2D eigenvalue weighted by molar-refractivity contribution is -0.113. The minimum atomic E-state index is -0.166. The molecule has 4 nitrogen and oxygen atoms in total. The van der Waals surface area contributed by atoms with E-state index in [1.165, 1.54) is 17.3 Å². The Balaban J connectivity index is 1.67. The molecule has 0 saturated heterocycles. The molecule has 1 amide bonds. The molecule has 0 aliphatic carbocycles. The van der Waals surface area contributed by atoms with Crippen LogP contribution in [0.3, 0.4) is 0 Å². The number of rotatable bonds is 5. The van der Waals surface area contributed by atoms with E-state index in [2.05, 4.69) is 15.3 Å². The molecule has 1 aromatic heterocycles. The van der Waals surface area contributed by atoms with Gasteiger partial charge in [0.25, 0.3) is 0 Å². The summed E-state index contributed by atoms with van der Waals surface area (Å²) in [5.41, 5.74) is 4.51. The van der Waals surface area contributed by atoms with Crippen LogP contribution in [-0.2, 0) is 4.79 Å². The van der Waals surface area contributed by atoms with Crippen molar-refractivity contribution in [2.75, 3.05) is 11.1 Å². The quantitative estimate of drug-likeness (QED) is 0.420. The number of nitrogens with one attached hydrogen (secondary N) is 1. The molecule has 0 aliphatic heterocycles. The molecule has 0 spiro atoms. The van der Waals surface area contributed by atoms with Crippen molar-refractivity contribution in [1.29, 1.82) is 0 Å². The van der Waals surface area contributed by atoms with Crippen molar-refractivity contribution in [3.8, 4) is 11.3 Å². The second-order valence-corrected chi connectivity index (χ2v) is 7.77. The van der Waals surface area contributed by atoms with Gasteiger partial charge in [-0.1, -0.05) is 64.8 Å². The van der Waals surface area contributed by atoms with Crippen LogP contribution in [0.5, 0.6) is 0 Å². The fraction of sp³-hybridized carbons (Fsp3) is 0.150. The Labute approximate surface area is 172 Å². The van der Waals surface area contributed by atoms with Gasteiger partial charge >= 0.3 is 0 Å². The first-order valence-electron chi connectivity index (χ1n) is 8.21. The normalized spacial score (nSPS) is 10.7. The van der Waals surface area contributed by atoms with Gasteiger partial charge in [-0.05, 0) is 38.1 Å². The van der Waals surface area contributed by atoms with E-state index in [0.717, 1.165) is 17.0 Å². The minimum absolute atomic E-state index is 0.166. The Morgan fingerprint density at radius 1 is 1.00 bits per heavy atom. The number of hydrogen-bond donors (Lipinski definition) is 1. The van der Waals surface area contributed by atoms with E-state index in [0.29, 0.717) is 20.9 Å². The van der Waals surface area contributed by atoms with E-state index < -0.39 is 0 Å². The van der Waals surface area contributed by atoms with Crippen LogP contribution < -0.4 is 5.32 Å². The maximum Gasteiger partial charge on any atom is 0.234 e. The first-order valence-corrected chi connectivity index (χ1v) is 9.95. The lowest BCUT2D eigenvalue weighted by Gasteiger charge is -2.08. The van der Waals surface area contributed by atoms with Crippen molar-refractivity contribution >= 4 is 46.6 Å². The maximum atomic E-state index is 12.2. The van der Waals surface area contributed by atoms with Gasteiger partial charge in [-0.3, -0.25) is 4.79 Å². The summed E-state index contributed by atoms with van der Waals surface area (Å²) in [6.07, 6.45) is 0. The summed E-state index contributed by atoms with van der Waals surface area (Å²) in [6, 6.07) is 15.1. The summed E-state index contributed by atoms with van der Waals surface area (Å²) in [7, 11) is 0. The monoisotopic (exact) mass is 417 g/mol. The minimum Gasteiger partial charge on any atom is -0.325 e. The van der Waals surface area contributed by atoms with Gasteiger partial charge in [0.05, 0.1) is 21.5 Å². The van der Waals surface area contributed by atoms with Gasteiger partial charge in [0, 0.05) is 16.9 Å². The SMILES string of the molecule is Cc1ccc(-c2cc(C)nc(SCC(=O)Nc3ccc(Cl)c(Cl)c3)n2)cc1. The second kappa shape index (κ2) is 8.74. The number of carbonyl (C=O) groups is 1. The van der Waals surface area contributed by atoms with Crippen molar-refractivity contribution in [2.24, 2.45) is 0 Å². The summed E-state index contributed by atoms with van der Waals surface area (Å²) in [4.78, 5) is 21.2. The first kappa shape index (κ1) is 19.7. The smallest absolute Gasteiger partial charge is 0.234 e. The molecule has 0 unspecified atom stereocenters. The Kier molecular flexibility index (Phi) is 6.37. The molecule has 0 aliphatic rings. The summed E-state index contributed by atoms with van der Waals surface area (Å²) in [5, 5.41) is 4.19. The van der Waals surface area contributed by atoms with Crippen molar-refractivity contribution in [3.05, 3.63) is 69.8 Å². The number of carbonyl (C=O) groups excluding carboxylic acids is 1. The van der Waals surface area contributed by atoms with Gasteiger partial charge in [0.2, 0.25) is 5.91 Å². The summed E-state index contributed by atoms with van der Waals surface area (Å²) >= 11 is 13.1. The van der Waals surface area contributed by atoms with Gasteiger partial charge in [-0.25, -0.2) is 9.97 Å². The van der Waals surface area contributed by atoms with Gasteiger partial charge in [-0.15, -0.1) is 0 Å². The predicted octanol–water partition coefficient (Wildman–Crippen LogP) is 5.80. The number of amides is 1. The highest BCUT2D eigenvalue weighted by atomic mass is 35.5. The van der Waals surface area contributed by atoms with Crippen molar-refractivity contribution in [3.63, 3.8) is 0 Å². The fourth-order valence-electron chi connectivity index (χ4n) is 2.38. The van der Waals surface area contributed by atoms with Gasteiger partial charge in [0.1, 0.15) is 0 Å². The molecule has 1 heterocycles. The van der Waals surface area contributed by atoms with Crippen LogP contribution in [0.15, 0.2) is 53.7 Å². The van der Waals surface area contributed by atoms with Crippen molar-refractivity contribution in [2.45, 2.75) is 19.0 Å². The average Bonchev–Trinajstić information content (AvgIpc) is 2.63. The highest BCUT2D eigenvalue weighted by molar-refractivity contribution is 7.99. The number of anilines is 1. The zero-order chi connectivity index (χ0) is 19.4. The fourth-order valence-corrected chi connectivity index (χ4v) is 3.38. The topological polar surface area (TPSA) is 54.9 Å².